The molecule has 0 amide bonds. The Labute approximate surface area is 122 Å². The van der Waals surface area contributed by atoms with Gasteiger partial charge in [-0.3, -0.25) is 5.84 Å². The molecule has 0 aliphatic heterocycles. The van der Waals surface area contributed by atoms with E-state index in [0.29, 0.717) is 19.1 Å². The maximum atomic E-state index is 5.71. The lowest BCUT2D eigenvalue weighted by atomic mass is 9.98. The van der Waals surface area contributed by atoms with Gasteiger partial charge in [0.1, 0.15) is 0 Å². The van der Waals surface area contributed by atoms with E-state index in [9.17, 15) is 0 Å². The zero-order valence-corrected chi connectivity index (χ0v) is 13.1. The van der Waals surface area contributed by atoms with Gasteiger partial charge in [0.2, 0.25) is 0 Å². The summed E-state index contributed by atoms with van der Waals surface area (Å²) in [7, 11) is 0. The van der Waals surface area contributed by atoms with Gasteiger partial charge in [0, 0.05) is 13.2 Å². The normalized spacial score (nSPS) is 13.2. The predicted octanol–water partition coefficient (Wildman–Crippen LogP) is 2.79. The lowest BCUT2D eigenvalue weighted by Gasteiger charge is -2.26. The lowest BCUT2D eigenvalue weighted by Crippen LogP contribution is -2.39. The molecule has 114 valence electrons. The fraction of sp³-hybridized carbons (Fsp3) is 0.625. The van der Waals surface area contributed by atoms with Crippen LogP contribution in [0.3, 0.4) is 0 Å². The first kappa shape index (κ1) is 17.1. The zero-order chi connectivity index (χ0) is 15.0. The molecule has 4 heteroatoms. The van der Waals surface area contributed by atoms with Crippen LogP contribution in [0.15, 0.2) is 24.3 Å². The summed E-state index contributed by atoms with van der Waals surface area (Å²) in [5, 5.41) is 0. The molecule has 0 spiro atoms. The van der Waals surface area contributed by atoms with Crippen LogP contribution in [-0.4, -0.2) is 19.5 Å². The van der Waals surface area contributed by atoms with E-state index in [0.717, 1.165) is 12.0 Å². The summed E-state index contributed by atoms with van der Waals surface area (Å²) >= 11 is 0. The molecule has 4 nitrogen and oxygen atoms in total. The minimum absolute atomic E-state index is 0.165. The van der Waals surface area contributed by atoms with E-state index in [-0.39, 0.29) is 12.3 Å². The average molecular weight is 280 g/mol. The van der Waals surface area contributed by atoms with Crippen LogP contribution in [0.25, 0.3) is 0 Å². The van der Waals surface area contributed by atoms with Gasteiger partial charge >= 0.3 is 0 Å². The number of ether oxygens (including phenoxy) is 2. The van der Waals surface area contributed by atoms with Crippen LogP contribution in [0.1, 0.15) is 44.9 Å². The van der Waals surface area contributed by atoms with Gasteiger partial charge in [-0.1, -0.05) is 38.1 Å². The van der Waals surface area contributed by atoms with Crippen molar-refractivity contribution in [3.05, 3.63) is 35.4 Å². The van der Waals surface area contributed by atoms with Gasteiger partial charge in [0.05, 0.1) is 6.04 Å². The second kappa shape index (κ2) is 9.08. The van der Waals surface area contributed by atoms with Gasteiger partial charge in [-0.2, -0.15) is 0 Å². The SMILES string of the molecule is CCOC(OCC)C(NN)c1cccc(CC(C)C)c1. The molecule has 0 bridgehead atoms. The monoisotopic (exact) mass is 280 g/mol. The number of hydrogen-bond acceptors (Lipinski definition) is 4. The number of benzene rings is 1. The van der Waals surface area contributed by atoms with E-state index >= 15 is 0 Å². The lowest BCUT2D eigenvalue weighted by molar-refractivity contribution is -0.155. The van der Waals surface area contributed by atoms with Crippen molar-refractivity contribution in [1.29, 1.82) is 0 Å². The van der Waals surface area contributed by atoms with Gasteiger partial charge in [-0.05, 0) is 37.3 Å². The highest BCUT2D eigenvalue weighted by atomic mass is 16.7. The van der Waals surface area contributed by atoms with Crippen LogP contribution in [0.4, 0.5) is 0 Å². The summed E-state index contributed by atoms with van der Waals surface area (Å²) in [4.78, 5) is 0. The average Bonchev–Trinajstić information content (AvgIpc) is 2.40. The molecule has 0 heterocycles. The number of nitrogens with two attached hydrogens (primary N) is 1. The number of hydrogen-bond donors (Lipinski definition) is 2. The van der Waals surface area contributed by atoms with E-state index in [1.54, 1.807) is 0 Å². The second-order valence-corrected chi connectivity index (χ2v) is 5.27. The first-order valence-electron chi connectivity index (χ1n) is 7.40. The molecule has 0 aliphatic carbocycles. The quantitative estimate of drug-likeness (QED) is 0.415. The molecule has 0 aromatic heterocycles. The van der Waals surface area contributed by atoms with E-state index in [4.69, 9.17) is 15.3 Å². The van der Waals surface area contributed by atoms with Gasteiger partial charge in [-0.15, -0.1) is 0 Å². The van der Waals surface area contributed by atoms with E-state index < -0.39 is 0 Å². The third kappa shape index (κ3) is 5.21. The van der Waals surface area contributed by atoms with Crippen LogP contribution < -0.4 is 11.3 Å². The molecule has 1 unspecified atom stereocenters. The number of nitrogens with one attached hydrogen (secondary N) is 1. The first-order chi connectivity index (χ1) is 9.62. The highest BCUT2D eigenvalue weighted by Gasteiger charge is 2.23. The summed E-state index contributed by atoms with van der Waals surface area (Å²) < 4.78 is 11.3. The van der Waals surface area contributed by atoms with Crippen molar-refractivity contribution >= 4 is 0 Å². The Hall–Kier alpha value is -0.940. The molecule has 0 radical (unpaired) electrons. The van der Waals surface area contributed by atoms with Gasteiger partial charge in [0.15, 0.2) is 6.29 Å². The minimum Gasteiger partial charge on any atom is -0.351 e. The molecular formula is C16H28N2O2. The van der Waals surface area contributed by atoms with Crippen molar-refractivity contribution in [2.45, 2.75) is 46.4 Å². The maximum absolute atomic E-state index is 5.71. The molecular weight excluding hydrogens is 252 g/mol. The highest BCUT2D eigenvalue weighted by Crippen LogP contribution is 2.22. The van der Waals surface area contributed by atoms with E-state index in [2.05, 4.69) is 43.5 Å². The van der Waals surface area contributed by atoms with Crippen LogP contribution in [0.2, 0.25) is 0 Å². The summed E-state index contributed by atoms with van der Waals surface area (Å²) in [5.74, 6) is 6.34. The Morgan fingerprint density at radius 1 is 1.15 bits per heavy atom. The molecule has 0 saturated heterocycles. The standard InChI is InChI=1S/C16H28N2O2/c1-5-19-16(20-6-2)15(18-17)14-9-7-8-13(11-14)10-12(3)4/h7-9,11-12,15-16,18H,5-6,10,17H2,1-4H3. The largest absolute Gasteiger partial charge is 0.351 e. The third-order valence-electron chi connectivity index (χ3n) is 3.07. The molecule has 1 aromatic rings. The highest BCUT2D eigenvalue weighted by molar-refractivity contribution is 5.26. The Morgan fingerprint density at radius 3 is 2.30 bits per heavy atom. The minimum atomic E-state index is -0.371. The van der Waals surface area contributed by atoms with Crippen molar-refractivity contribution in [2.24, 2.45) is 11.8 Å². The Bertz CT molecular complexity index is 376. The third-order valence-corrected chi connectivity index (χ3v) is 3.07. The molecule has 3 N–H and O–H groups in total. The van der Waals surface area contributed by atoms with Gasteiger partial charge in [-0.25, -0.2) is 5.43 Å². The predicted molar refractivity (Wildman–Crippen MR) is 82.1 cm³/mol. The fourth-order valence-corrected chi connectivity index (χ4v) is 2.29. The Morgan fingerprint density at radius 2 is 1.80 bits per heavy atom. The van der Waals surface area contributed by atoms with Crippen molar-refractivity contribution in [3.63, 3.8) is 0 Å². The Balaban J connectivity index is 2.91. The van der Waals surface area contributed by atoms with Crippen LogP contribution in [-0.2, 0) is 15.9 Å². The molecule has 0 fully saturated rings. The van der Waals surface area contributed by atoms with Crippen molar-refractivity contribution in [2.75, 3.05) is 13.2 Å². The molecule has 1 rings (SSSR count). The molecule has 0 aliphatic rings. The first-order valence-corrected chi connectivity index (χ1v) is 7.40. The fourth-order valence-electron chi connectivity index (χ4n) is 2.29. The topological polar surface area (TPSA) is 56.5 Å². The maximum Gasteiger partial charge on any atom is 0.178 e. The van der Waals surface area contributed by atoms with E-state index in [1.807, 2.05) is 13.8 Å². The smallest absolute Gasteiger partial charge is 0.178 e. The molecule has 20 heavy (non-hydrogen) atoms. The molecule has 0 saturated carbocycles. The van der Waals surface area contributed by atoms with Gasteiger partial charge < -0.3 is 9.47 Å². The zero-order valence-electron chi connectivity index (χ0n) is 13.1. The van der Waals surface area contributed by atoms with E-state index in [1.165, 1.54) is 5.56 Å². The van der Waals surface area contributed by atoms with Crippen molar-refractivity contribution < 1.29 is 9.47 Å². The number of rotatable bonds is 9. The van der Waals surface area contributed by atoms with Gasteiger partial charge in [0.25, 0.3) is 0 Å². The number of hydrazine groups is 1. The Kier molecular flexibility index (Phi) is 7.77. The van der Waals surface area contributed by atoms with Crippen molar-refractivity contribution in [3.8, 4) is 0 Å². The molecule has 1 aromatic carbocycles. The summed E-state index contributed by atoms with van der Waals surface area (Å²) in [6.45, 7) is 9.52. The van der Waals surface area contributed by atoms with Crippen LogP contribution in [0, 0.1) is 5.92 Å². The molecule has 1 atom stereocenters. The summed E-state index contributed by atoms with van der Waals surface area (Å²) in [6.07, 6.45) is 0.684. The summed E-state index contributed by atoms with van der Waals surface area (Å²) in [6, 6.07) is 8.27. The summed E-state index contributed by atoms with van der Waals surface area (Å²) in [5.41, 5.74) is 5.22. The van der Waals surface area contributed by atoms with Crippen molar-refractivity contribution in [1.82, 2.24) is 5.43 Å². The van der Waals surface area contributed by atoms with Crippen LogP contribution >= 0.6 is 0 Å². The second-order valence-electron chi connectivity index (χ2n) is 5.27. The van der Waals surface area contributed by atoms with Crippen LogP contribution in [0.5, 0.6) is 0 Å².